The lowest BCUT2D eigenvalue weighted by atomic mass is 9.91. The molecule has 1 aromatic carbocycles. The smallest absolute Gasteiger partial charge is 0.0431 e. The second kappa shape index (κ2) is 16.3. The Morgan fingerprint density at radius 3 is 1.95 bits per heavy atom. The fourth-order valence-corrected chi connectivity index (χ4v) is 2.22. The average Bonchev–Trinajstić information content (AvgIpc) is 2.55. The Labute approximate surface area is 139 Å². The summed E-state index contributed by atoms with van der Waals surface area (Å²) in [5.41, 5.74) is 4.10. The summed E-state index contributed by atoms with van der Waals surface area (Å²) in [6, 6.07) is 8.86. The van der Waals surface area contributed by atoms with E-state index in [9.17, 15) is 0 Å². The zero-order valence-electron chi connectivity index (χ0n) is 15.9. The monoisotopic (exact) mass is 306 g/mol. The van der Waals surface area contributed by atoms with Gasteiger partial charge < -0.3 is 5.11 Å². The van der Waals surface area contributed by atoms with Gasteiger partial charge in [0.05, 0.1) is 0 Å². The molecule has 128 valence electrons. The zero-order chi connectivity index (χ0) is 17.4. The van der Waals surface area contributed by atoms with E-state index in [1.807, 2.05) is 27.7 Å². The number of aryl methyl sites for hydroxylation is 1. The van der Waals surface area contributed by atoms with E-state index in [4.69, 9.17) is 5.11 Å². The summed E-state index contributed by atoms with van der Waals surface area (Å²) in [6.45, 7) is 14.8. The van der Waals surface area contributed by atoms with E-state index in [1.54, 1.807) is 0 Å². The first-order chi connectivity index (χ1) is 10.6. The van der Waals surface area contributed by atoms with E-state index in [0.717, 1.165) is 12.8 Å². The largest absolute Gasteiger partial charge is 0.396 e. The van der Waals surface area contributed by atoms with Crippen LogP contribution < -0.4 is 0 Å². The Bertz CT molecular complexity index is 358. The summed E-state index contributed by atoms with van der Waals surface area (Å²) in [7, 11) is 0. The van der Waals surface area contributed by atoms with Gasteiger partial charge in [-0.25, -0.2) is 0 Å². The predicted molar refractivity (Wildman–Crippen MR) is 102 cm³/mol. The number of unbranched alkanes of at least 4 members (excludes halogenated alkanes) is 2. The molecule has 0 amide bonds. The van der Waals surface area contributed by atoms with Crippen molar-refractivity contribution in [2.45, 2.75) is 80.1 Å². The minimum atomic E-state index is 0.317. The molecule has 0 bridgehead atoms. The van der Waals surface area contributed by atoms with Crippen LogP contribution in [-0.4, -0.2) is 11.7 Å². The van der Waals surface area contributed by atoms with Gasteiger partial charge in [-0.2, -0.15) is 0 Å². The van der Waals surface area contributed by atoms with Crippen molar-refractivity contribution in [3.8, 4) is 0 Å². The van der Waals surface area contributed by atoms with Gasteiger partial charge in [0.25, 0.3) is 0 Å². The minimum Gasteiger partial charge on any atom is -0.396 e. The molecule has 1 aromatic rings. The van der Waals surface area contributed by atoms with Crippen molar-refractivity contribution in [3.05, 3.63) is 47.0 Å². The number of rotatable bonds is 7. The van der Waals surface area contributed by atoms with Crippen molar-refractivity contribution >= 4 is 0 Å². The molecular formula is C21H38O. The van der Waals surface area contributed by atoms with Gasteiger partial charge in [-0.3, -0.25) is 0 Å². The van der Waals surface area contributed by atoms with Crippen LogP contribution in [-0.2, 0) is 0 Å². The lowest BCUT2D eigenvalue weighted by molar-refractivity contribution is 0.282. The van der Waals surface area contributed by atoms with Gasteiger partial charge in [-0.15, -0.1) is 0 Å². The number of allylic oxidation sites excluding steroid dienone is 2. The number of benzene rings is 1. The lowest BCUT2D eigenvalue weighted by Crippen LogP contribution is -1.97. The quantitative estimate of drug-likeness (QED) is 0.441. The molecule has 0 aliphatic rings. The highest BCUT2D eigenvalue weighted by Crippen LogP contribution is 2.25. The van der Waals surface area contributed by atoms with Crippen molar-refractivity contribution in [1.82, 2.24) is 0 Å². The number of hydrogen-bond acceptors (Lipinski definition) is 1. The van der Waals surface area contributed by atoms with Gasteiger partial charge in [-0.05, 0) is 39.2 Å². The molecule has 1 heteroatoms. The molecule has 0 saturated heterocycles. The minimum absolute atomic E-state index is 0.317. The fraction of sp³-hybridized carbons (Fsp3) is 0.619. The Kier molecular flexibility index (Phi) is 17.2. The van der Waals surface area contributed by atoms with Crippen LogP contribution >= 0.6 is 0 Å². The van der Waals surface area contributed by atoms with Gasteiger partial charge in [0.1, 0.15) is 0 Å². The summed E-state index contributed by atoms with van der Waals surface area (Å²) < 4.78 is 0. The summed E-state index contributed by atoms with van der Waals surface area (Å²) in [5, 5.41) is 8.81. The Hall–Kier alpha value is -1.08. The van der Waals surface area contributed by atoms with Crippen molar-refractivity contribution in [1.29, 1.82) is 0 Å². The Morgan fingerprint density at radius 2 is 1.50 bits per heavy atom. The van der Waals surface area contributed by atoms with Gasteiger partial charge in [0.2, 0.25) is 0 Å². The molecule has 0 spiro atoms. The second-order valence-electron chi connectivity index (χ2n) is 5.33. The average molecular weight is 307 g/mol. The molecule has 1 N–H and O–H groups in total. The van der Waals surface area contributed by atoms with Gasteiger partial charge in [0.15, 0.2) is 0 Å². The number of aliphatic hydroxyl groups is 1. The predicted octanol–water partition coefficient (Wildman–Crippen LogP) is 6.65. The third-order valence-electron chi connectivity index (χ3n) is 3.21. The van der Waals surface area contributed by atoms with E-state index in [0.29, 0.717) is 12.5 Å². The molecule has 0 radical (unpaired) electrons. The van der Waals surface area contributed by atoms with E-state index >= 15 is 0 Å². The van der Waals surface area contributed by atoms with Crippen LogP contribution in [0.3, 0.4) is 0 Å². The summed E-state index contributed by atoms with van der Waals surface area (Å²) in [4.78, 5) is 0. The third-order valence-corrected chi connectivity index (χ3v) is 3.21. The highest BCUT2D eigenvalue weighted by molar-refractivity contribution is 5.28. The van der Waals surface area contributed by atoms with E-state index in [-0.39, 0.29) is 0 Å². The van der Waals surface area contributed by atoms with E-state index in [1.165, 1.54) is 29.5 Å². The highest BCUT2D eigenvalue weighted by Gasteiger charge is 2.08. The second-order valence-corrected chi connectivity index (χ2v) is 5.33. The first kappa shape index (κ1) is 23.2. The SMILES string of the molecule is CC.CC.CC(C)=CC(CCCCCO)c1ccc(C)cc1. The van der Waals surface area contributed by atoms with Gasteiger partial charge >= 0.3 is 0 Å². The molecule has 1 unspecified atom stereocenters. The van der Waals surface area contributed by atoms with E-state index < -0.39 is 0 Å². The third kappa shape index (κ3) is 11.6. The van der Waals surface area contributed by atoms with Crippen LogP contribution in [0.1, 0.15) is 84.3 Å². The lowest BCUT2D eigenvalue weighted by Gasteiger charge is -2.14. The normalized spacial score (nSPS) is 10.5. The van der Waals surface area contributed by atoms with Crippen LogP contribution in [0, 0.1) is 6.92 Å². The van der Waals surface area contributed by atoms with Crippen LogP contribution in [0.5, 0.6) is 0 Å². The maximum Gasteiger partial charge on any atom is 0.0431 e. The van der Waals surface area contributed by atoms with Crippen molar-refractivity contribution in [2.24, 2.45) is 0 Å². The first-order valence-corrected chi connectivity index (χ1v) is 8.96. The first-order valence-electron chi connectivity index (χ1n) is 8.96. The molecule has 1 rings (SSSR count). The Balaban J connectivity index is 0. The summed E-state index contributed by atoms with van der Waals surface area (Å²) >= 11 is 0. The molecule has 22 heavy (non-hydrogen) atoms. The van der Waals surface area contributed by atoms with Crippen molar-refractivity contribution in [3.63, 3.8) is 0 Å². The molecule has 0 aliphatic heterocycles. The van der Waals surface area contributed by atoms with Crippen LogP contribution in [0.15, 0.2) is 35.9 Å². The summed E-state index contributed by atoms with van der Waals surface area (Å²) in [6.07, 6.45) is 6.77. The van der Waals surface area contributed by atoms with Crippen molar-refractivity contribution in [2.75, 3.05) is 6.61 Å². The highest BCUT2D eigenvalue weighted by atomic mass is 16.2. The van der Waals surface area contributed by atoms with E-state index in [2.05, 4.69) is 51.1 Å². The standard InChI is InChI=1S/C17H26O.2C2H6/c1-14(2)13-17(7-5-4-6-12-18)16-10-8-15(3)9-11-16;2*1-2/h8-11,13,17-18H,4-7,12H2,1-3H3;2*1-2H3. The Morgan fingerprint density at radius 1 is 0.955 bits per heavy atom. The molecule has 1 nitrogen and oxygen atoms in total. The molecule has 0 heterocycles. The van der Waals surface area contributed by atoms with Crippen LogP contribution in [0.25, 0.3) is 0 Å². The van der Waals surface area contributed by atoms with Gasteiger partial charge in [-0.1, -0.05) is 82.0 Å². The molecule has 0 fully saturated rings. The van der Waals surface area contributed by atoms with Crippen LogP contribution in [0.2, 0.25) is 0 Å². The number of aliphatic hydroxyl groups excluding tert-OH is 1. The molecule has 0 aliphatic carbocycles. The molecule has 0 saturated carbocycles. The number of hydrogen-bond donors (Lipinski definition) is 1. The fourth-order valence-electron chi connectivity index (χ4n) is 2.22. The maximum absolute atomic E-state index is 8.81. The zero-order valence-corrected chi connectivity index (χ0v) is 15.9. The summed E-state index contributed by atoms with van der Waals surface area (Å²) in [5.74, 6) is 0.522. The molecular weight excluding hydrogens is 268 g/mol. The topological polar surface area (TPSA) is 20.2 Å². The van der Waals surface area contributed by atoms with Crippen molar-refractivity contribution < 1.29 is 5.11 Å². The van der Waals surface area contributed by atoms with Gasteiger partial charge in [0, 0.05) is 12.5 Å². The van der Waals surface area contributed by atoms with Crippen LogP contribution in [0.4, 0.5) is 0 Å². The molecule has 0 aromatic heterocycles. The maximum atomic E-state index is 8.81. The molecule has 1 atom stereocenters.